The zero-order valence-electron chi connectivity index (χ0n) is 15.1. The summed E-state index contributed by atoms with van der Waals surface area (Å²) in [7, 11) is 0. The van der Waals surface area contributed by atoms with E-state index in [9.17, 15) is 5.26 Å². The number of hydrogen-bond acceptors (Lipinski definition) is 1. The molecule has 0 aromatic heterocycles. The van der Waals surface area contributed by atoms with Crippen LogP contribution in [0.4, 0.5) is 0 Å². The normalized spacial score (nSPS) is 11.4. The fourth-order valence-electron chi connectivity index (χ4n) is 3.46. The van der Waals surface area contributed by atoms with Gasteiger partial charge < -0.3 is 0 Å². The molecule has 0 amide bonds. The van der Waals surface area contributed by atoms with Crippen LogP contribution >= 0.6 is 0 Å². The van der Waals surface area contributed by atoms with E-state index in [1.165, 1.54) is 0 Å². The summed E-state index contributed by atoms with van der Waals surface area (Å²) in [5.74, 6) is 0. The van der Waals surface area contributed by atoms with Crippen LogP contribution in [0.5, 0.6) is 0 Å². The van der Waals surface area contributed by atoms with Crippen molar-refractivity contribution in [2.24, 2.45) is 0 Å². The maximum absolute atomic E-state index is 9.60. The third-order valence-corrected chi connectivity index (χ3v) is 4.79. The van der Waals surface area contributed by atoms with E-state index < -0.39 is 0 Å². The standard InChI is InChI=1S/C26H16N2/c1-28-25(18-27)26(24-13-7-11-21-10-5-6-12-23(21)24)22-16-14-20(15-17-22)19-8-3-2-4-9-19/h2-17H. The second kappa shape index (κ2) is 7.62. The van der Waals surface area contributed by atoms with Crippen LogP contribution in [-0.2, 0) is 0 Å². The first-order valence-corrected chi connectivity index (χ1v) is 8.97. The quantitative estimate of drug-likeness (QED) is 0.296. The summed E-state index contributed by atoms with van der Waals surface area (Å²) in [6.07, 6.45) is 0. The van der Waals surface area contributed by atoms with Crippen molar-refractivity contribution in [3.63, 3.8) is 0 Å². The van der Waals surface area contributed by atoms with Crippen LogP contribution in [0.25, 0.3) is 32.3 Å². The smallest absolute Gasteiger partial charge is 0.226 e. The molecule has 130 valence electrons. The van der Waals surface area contributed by atoms with Gasteiger partial charge in [0.2, 0.25) is 0 Å². The van der Waals surface area contributed by atoms with Crippen LogP contribution < -0.4 is 0 Å². The number of nitrogens with zero attached hydrogens (tertiary/aromatic N) is 2. The molecule has 0 fully saturated rings. The van der Waals surface area contributed by atoms with Crippen molar-refractivity contribution in [3.8, 4) is 17.2 Å². The average Bonchev–Trinajstić information content (AvgIpc) is 2.78. The van der Waals surface area contributed by atoms with E-state index in [4.69, 9.17) is 6.57 Å². The predicted molar refractivity (Wildman–Crippen MR) is 114 cm³/mol. The summed E-state index contributed by atoms with van der Waals surface area (Å²) in [4.78, 5) is 3.52. The van der Waals surface area contributed by atoms with Gasteiger partial charge in [0, 0.05) is 5.57 Å². The van der Waals surface area contributed by atoms with Gasteiger partial charge in [-0.1, -0.05) is 97.1 Å². The van der Waals surface area contributed by atoms with E-state index in [0.717, 1.165) is 33.0 Å². The highest BCUT2D eigenvalue weighted by Gasteiger charge is 2.15. The van der Waals surface area contributed by atoms with Gasteiger partial charge in [-0.25, -0.2) is 10.1 Å². The Morgan fingerprint density at radius 1 is 0.714 bits per heavy atom. The summed E-state index contributed by atoms with van der Waals surface area (Å²) >= 11 is 0. The molecule has 0 radical (unpaired) electrons. The van der Waals surface area contributed by atoms with E-state index in [1.54, 1.807) is 0 Å². The molecule has 0 saturated carbocycles. The minimum atomic E-state index is 0.101. The molecule has 0 aliphatic carbocycles. The highest BCUT2D eigenvalue weighted by molar-refractivity contribution is 5.99. The van der Waals surface area contributed by atoms with E-state index in [1.807, 2.05) is 84.9 Å². The van der Waals surface area contributed by atoms with Gasteiger partial charge in [0.05, 0.1) is 12.6 Å². The lowest BCUT2D eigenvalue weighted by atomic mass is 9.91. The summed E-state index contributed by atoms with van der Waals surface area (Å²) in [6.45, 7) is 7.52. The maximum atomic E-state index is 9.60. The minimum absolute atomic E-state index is 0.101. The monoisotopic (exact) mass is 356 g/mol. The van der Waals surface area contributed by atoms with Crippen molar-refractivity contribution >= 4 is 16.3 Å². The molecule has 0 bridgehead atoms. The molecule has 0 unspecified atom stereocenters. The second-order valence-electron chi connectivity index (χ2n) is 6.42. The molecule has 4 aromatic carbocycles. The first-order valence-electron chi connectivity index (χ1n) is 8.97. The molecular weight excluding hydrogens is 340 g/mol. The van der Waals surface area contributed by atoms with Crippen LogP contribution in [-0.4, -0.2) is 0 Å². The Kier molecular flexibility index (Phi) is 4.70. The van der Waals surface area contributed by atoms with Crippen molar-refractivity contribution in [1.29, 1.82) is 5.26 Å². The van der Waals surface area contributed by atoms with E-state index in [2.05, 4.69) is 23.0 Å². The first-order chi connectivity index (χ1) is 13.8. The van der Waals surface area contributed by atoms with Gasteiger partial charge in [0.15, 0.2) is 0 Å². The van der Waals surface area contributed by atoms with Crippen molar-refractivity contribution in [1.82, 2.24) is 0 Å². The summed E-state index contributed by atoms with van der Waals surface area (Å²) in [6, 6.07) is 34.3. The van der Waals surface area contributed by atoms with Crippen LogP contribution in [0.3, 0.4) is 0 Å². The van der Waals surface area contributed by atoms with Gasteiger partial charge in [-0.05, 0) is 33.0 Å². The van der Waals surface area contributed by atoms with E-state index >= 15 is 0 Å². The Morgan fingerprint density at radius 2 is 1.36 bits per heavy atom. The highest BCUT2D eigenvalue weighted by atomic mass is 14.7. The highest BCUT2D eigenvalue weighted by Crippen LogP contribution is 2.34. The Balaban J connectivity index is 1.91. The van der Waals surface area contributed by atoms with Gasteiger partial charge in [0.25, 0.3) is 5.70 Å². The number of nitriles is 1. The molecule has 2 nitrogen and oxygen atoms in total. The molecule has 4 aromatic rings. The van der Waals surface area contributed by atoms with Crippen molar-refractivity contribution in [2.45, 2.75) is 0 Å². The number of allylic oxidation sites excluding steroid dienone is 1. The fraction of sp³-hybridized carbons (Fsp3) is 0. The number of fused-ring (bicyclic) bond motifs is 1. The number of hydrogen-bond donors (Lipinski definition) is 0. The summed E-state index contributed by atoms with van der Waals surface area (Å²) < 4.78 is 0. The van der Waals surface area contributed by atoms with Crippen LogP contribution in [0.15, 0.2) is 103 Å². The molecule has 0 aliphatic rings. The summed E-state index contributed by atoms with van der Waals surface area (Å²) in [5, 5.41) is 11.7. The lowest BCUT2D eigenvalue weighted by Gasteiger charge is -2.13. The van der Waals surface area contributed by atoms with Gasteiger partial charge >= 0.3 is 0 Å². The Labute approximate surface area is 164 Å². The number of rotatable bonds is 3. The lowest BCUT2D eigenvalue weighted by molar-refractivity contribution is 1.48. The average molecular weight is 356 g/mol. The third kappa shape index (κ3) is 3.16. The molecule has 0 heterocycles. The molecular formula is C26H16N2. The fourth-order valence-corrected chi connectivity index (χ4v) is 3.46. The van der Waals surface area contributed by atoms with Gasteiger partial charge in [-0.2, -0.15) is 0 Å². The summed E-state index contributed by atoms with van der Waals surface area (Å²) in [5.41, 5.74) is 4.78. The van der Waals surface area contributed by atoms with Gasteiger partial charge in [0.1, 0.15) is 0 Å². The SMILES string of the molecule is [C-]#[N+]C(C#N)=C(c1ccc(-c2ccccc2)cc1)c1cccc2ccccc12. The van der Waals surface area contributed by atoms with Gasteiger partial charge in [-0.3, -0.25) is 0 Å². The second-order valence-corrected chi connectivity index (χ2v) is 6.42. The molecule has 28 heavy (non-hydrogen) atoms. The van der Waals surface area contributed by atoms with Gasteiger partial charge in [-0.15, -0.1) is 0 Å². The molecule has 0 spiro atoms. The lowest BCUT2D eigenvalue weighted by Crippen LogP contribution is -1.93. The molecule has 0 aliphatic heterocycles. The van der Waals surface area contributed by atoms with Crippen molar-refractivity contribution < 1.29 is 0 Å². The molecule has 4 rings (SSSR count). The van der Waals surface area contributed by atoms with Crippen LogP contribution in [0.1, 0.15) is 11.1 Å². The largest absolute Gasteiger partial charge is 0.270 e. The predicted octanol–water partition coefficient (Wildman–Crippen LogP) is 6.71. The molecule has 0 saturated heterocycles. The molecule has 2 heteroatoms. The number of benzene rings is 4. The first kappa shape index (κ1) is 17.3. The van der Waals surface area contributed by atoms with Crippen molar-refractivity contribution in [2.75, 3.05) is 0 Å². The molecule has 0 atom stereocenters. The Morgan fingerprint density at radius 3 is 2.07 bits per heavy atom. The Hall–Kier alpha value is -4.14. The van der Waals surface area contributed by atoms with Crippen LogP contribution in [0, 0.1) is 17.9 Å². The topological polar surface area (TPSA) is 28.1 Å². The third-order valence-electron chi connectivity index (χ3n) is 4.79. The van der Waals surface area contributed by atoms with Crippen LogP contribution in [0.2, 0.25) is 0 Å². The zero-order valence-corrected chi connectivity index (χ0v) is 15.1. The van der Waals surface area contributed by atoms with Crippen molar-refractivity contribution in [3.05, 3.63) is 125 Å². The minimum Gasteiger partial charge on any atom is -0.226 e. The van der Waals surface area contributed by atoms with E-state index in [0.29, 0.717) is 5.57 Å². The molecule has 0 N–H and O–H groups in total. The Bertz CT molecular complexity index is 1230. The van der Waals surface area contributed by atoms with E-state index in [-0.39, 0.29) is 5.70 Å². The maximum Gasteiger partial charge on any atom is 0.270 e. The zero-order chi connectivity index (χ0) is 19.3.